The van der Waals surface area contributed by atoms with E-state index in [2.05, 4.69) is 20.0 Å². The Labute approximate surface area is 163 Å². The molecule has 29 heavy (non-hydrogen) atoms. The molecule has 0 spiro atoms. The standard InChI is InChI=1S/C21H14F3N3O2/c22-21(23,24)29-14-11-9-13(10-12-14)20(28)27-16-6-2-1-5-15(16)19-25-17-7-3-4-8-18(17)26-19/h1-12H,(H,25,26)(H,27,28). The summed E-state index contributed by atoms with van der Waals surface area (Å²) in [7, 11) is 0. The second kappa shape index (κ2) is 7.31. The molecule has 0 bridgehead atoms. The highest BCUT2D eigenvalue weighted by Gasteiger charge is 2.31. The summed E-state index contributed by atoms with van der Waals surface area (Å²) in [4.78, 5) is 20.3. The molecule has 0 saturated heterocycles. The molecule has 0 saturated carbocycles. The number of carbonyl (C=O) groups excluding carboxylic acids is 1. The van der Waals surface area contributed by atoms with Crippen LogP contribution in [0.1, 0.15) is 10.4 Å². The number of imidazole rings is 1. The third-order valence-corrected chi connectivity index (χ3v) is 4.17. The van der Waals surface area contributed by atoms with Crippen molar-refractivity contribution in [1.29, 1.82) is 0 Å². The second-order valence-electron chi connectivity index (χ2n) is 6.17. The Kier molecular flexibility index (Phi) is 4.67. The van der Waals surface area contributed by atoms with Gasteiger partial charge in [-0.25, -0.2) is 4.98 Å². The van der Waals surface area contributed by atoms with Crippen molar-refractivity contribution in [3.05, 3.63) is 78.4 Å². The third-order valence-electron chi connectivity index (χ3n) is 4.17. The van der Waals surface area contributed by atoms with E-state index in [9.17, 15) is 18.0 Å². The molecule has 0 atom stereocenters. The number of para-hydroxylation sites is 3. The summed E-state index contributed by atoms with van der Waals surface area (Å²) < 4.78 is 40.6. The van der Waals surface area contributed by atoms with Crippen LogP contribution in [0.25, 0.3) is 22.4 Å². The molecular weight excluding hydrogens is 383 g/mol. The largest absolute Gasteiger partial charge is 0.573 e. The van der Waals surface area contributed by atoms with E-state index in [4.69, 9.17) is 0 Å². The SMILES string of the molecule is O=C(Nc1ccccc1-c1nc2ccccc2[nH]1)c1ccc(OC(F)(F)F)cc1. The van der Waals surface area contributed by atoms with Gasteiger partial charge in [0.15, 0.2) is 0 Å². The number of benzene rings is 3. The lowest BCUT2D eigenvalue weighted by molar-refractivity contribution is -0.274. The van der Waals surface area contributed by atoms with Crippen LogP contribution in [0.5, 0.6) is 5.75 Å². The number of halogens is 3. The van der Waals surface area contributed by atoms with E-state index < -0.39 is 18.0 Å². The highest BCUT2D eigenvalue weighted by Crippen LogP contribution is 2.28. The van der Waals surface area contributed by atoms with Crippen molar-refractivity contribution in [2.45, 2.75) is 6.36 Å². The molecule has 0 aliphatic rings. The molecule has 3 aromatic carbocycles. The number of ether oxygens (including phenoxy) is 1. The van der Waals surface area contributed by atoms with E-state index in [1.165, 1.54) is 12.1 Å². The van der Waals surface area contributed by atoms with E-state index in [1.807, 2.05) is 36.4 Å². The molecule has 0 unspecified atom stereocenters. The summed E-state index contributed by atoms with van der Waals surface area (Å²) in [6, 6.07) is 19.4. The lowest BCUT2D eigenvalue weighted by Crippen LogP contribution is -2.17. The van der Waals surface area contributed by atoms with Gasteiger partial charge < -0.3 is 15.0 Å². The van der Waals surface area contributed by atoms with Crippen molar-refractivity contribution in [3.63, 3.8) is 0 Å². The number of H-pyrrole nitrogens is 1. The number of aromatic amines is 1. The van der Waals surface area contributed by atoms with Gasteiger partial charge in [-0.2, -0.15) is 0 Å². The van der Waals surface area contributed by atoms with Gasteiger partial charge in [0.1, 0.15) is 11.6 Å². The number of rotatable bonds is 4. The maximum Gasteiger partial charge on any atom is 0.573 e. The number of hydrogen-bond acceptors (Lipinski definition) is 3. The first kappa shape index (κ1) is 18.5. The number of nitrogens with one attached hydrogen (secondary N) is 2. The summed E-state index contributed by atoms with van der Waals surface area (Å²) in [5, 5.41) is 2.78. The Morgan fingerprint density at radius 1 is 0.931 bits per heavy atom. The fraction of sp³-hybridized carbons (Fsp3) is 0.0476. The number of hydrogen-bond donors (Lipinski definition) is 2. The van der Waals surface area contributed by atoms with Gasteiger partial charge in [0.05, 0.1) is 16.7 Å². The maximum atomic E-state index is 12.6. The molecule has 0 aliphatic heterocycles. The van der Waals surface area contributed by atoms with Crippen LogP contribution in [-0.2, 0) is 0 Å². The lowest BCUT2D eigenvalue weighted by atomic mass is 10.1. The minimum Gasteiger partial charge on any atom is -0.406 e. The summed E-state index contributed by atoms with van der Waals surface area (Å²) in [5.41, 5.74) is 3.06. The predicted octanol–water partition coefficient (Wildman–Crippen LogP) is 5.38. The van der Waals surface area contributed by atoms with Crippen molar-refractivity contribution in [1.82, 2.24) is 9.97 Å². The number of fused-ring (bicyclic) bond motifs is 1. The maximum absolute atomic E-state index is 12.6. The van der Waals surface area contributed by atoms with Crippen molar-refractivity contribution < 1.29 is 22.7 Å². The minimum atomic E-state index is -4.78. The van der Waals surface area contributed by atoms with Gasteiger partial charge in [-0.3, -0.25) is 4.79 Å². The monoisotopic (exact) mass is 397 g/mol. The Morgan fingerprint density at radius 2 is 1.62 bits per heavy atom. The zero-order valence-corrected chi connectivity index (χ0v) is 14.8. The van der Waals surface area contributed by atoms with Crippen LogP contribution in [-0.4, -0.2) is 22.2 Å². The number of amides is 1. The molecule has 0 aliphatic carbocycles. The average molecular weight is 397 g/mol. The number of anilines is 1. The summed E-state index contributed by atoms with van der Waals surface area (Å²) >= 11 is 0. The average Bonchev–Trinajstić information content (AvgIpc) is 3.11. The second-order valence-corrected chi connectivity index (χ2v) is 6.17. The van der Waals surface area contributed by atoms with Crippen LogP contribution in [0, 0.1) is 0 Å². The van der Waals surface area contributed by atoms with Crippen LogP contribution in [0.15, 0.2) is 72.8 Å². The number of alkyl halides is 3. The first-order valence-corrected chi connectivity index (χ1v) is 8.60. The third kappa shape index (κ3) is 4.21. The van der Waals surface area contributed by atoms with E-state index >= 15 is 0 Å². The number of nitrogens with zero attached hydrogens (tertiary/aromatic N) is 1. The predicted molar refractivity (Wildman–Crippen MR) is 103 cm³/mol. The zero-order valence-electron chi connectivity index (χ0n) is 14.8. The van der Waals surface area contributed by atoms with E-state index in [0.29, 0.717) is 17.1 Å². The van der Waals surface area contributed by atoms with E-state index in [1.54, 1.807) is 12.1 Å². The first-order chi connectivity index (χ1) is 13.9. The summed E-state index contributed by atoms with van der Waals surface area (Å²) in [5.74, 6) is -0.264. The first-order valence-electron chi connectivity index (χ1n) is 8.60. The van der Waals surface area contributed by atoms with E-state index in [0.717, 1.165) is 23.2 Å². The van der Waals surface area contributed by atoms with Crippen LogP contribution in [0.4, 0.5) is 18.9 Å². The molecule has 146 valence electrons. The summed E-state index contributed by atoms with van der Waals surface area (Å²) in [6.07, 6.45) is -4.78. The number of carbonyl (C=O) groups is 1. The fourth-order valence-corrected chi connectivity index (χ4v) is 2.88. The topological polar surface area (TPSA) is 67.0 Å². The van der Waals surface area contributed by atoms with Crippen LogP contribution in [0.3, 0.4) is 0 Å². The Bertz CT molecular complexity index is 1130. The van der Waals surface area contributed by atoms with Gasteiger partial charge in [-0.05, 0) is 48.5 Å². The fourth-order valence-electron chi connectivity index (χ4n) is 2.88. The van der Waals surface area contributed by atoms with Crippen molar-refractivity contribution in [2.24, 2.45) is 0 Å². The molecule has 4 aromatic rings. The zero-order chi connectivity index (χ0) is 20.4. The lowest BCUT2D eigenvalue weighted by Gasteiger charge is -2.11. The summed E-state index contributed by atoms with van der Waals surface area (Å²) in [6.45, 7) is 0. The molecule has 4 rings (SSSR count). The molecule has 2 N–H and O–H groups in total. The molecule has 1 heterocycles. The van der Waals surface area contributed by atoms with E-state index in [-0.39, 0.29) is 5.56 Å². The normalized spacial score (nSPS) is 11.4. The van der Waals surface area contributed by atoms with Crippen LogP contribution < -0.4 is 10.1 Å². The van der Waals surface area contributed by atoms with Crippen molar-refractivity contribution in [3.8, 4) is 17.1 Å². The highest BCUT2D eigenvalue weighted by atomic mass is 19.4. The van der Waals surface area contributed by atoms with Gasteiger partial charge in [0.25, 0.3) is 5.91 Å². The number of aromatic nitrogens is 2. The van der Waals surface area contributed by atoms with Crippen molar-refractivity contribution in [2.75, 3.05) is 5.32 Å². The Balaban J connectivity index is 1.58. The molecule has 8 heteroatoms. The molecule has 1 amide bonds. The molecular formula is C21H14F3N3O2. The Hall–Kier alpha value is -3.81. The van der Waals surface area contributed by atoms with Crippen LogP contribution in [0.2, 0.25) is 0 Å². The molecule has 5 nitrogen and oxygen atoms in total. The molecule has 0 fully saturated rings. The minimum absolute atomic E-state index is 0.193. The van der Waals surface area contributed by atoms with Gasteiger partial charge in [0.2, 0.25) is 0 Å². The molecule has 0 radical (unpaired) electrons. The smallest absolute Gasteiger partial charge is 0.406 e. The van der Waals surface area contributed by atoms with Gasteiger partial charge in [0, 0.05) is 11.1 Å². The van der Waals surface area contributed by atoms with Crippen molar-refractivity contribution >= 4 is 22.6 Å². The van der Waals surface area contributed by atoms with Crippen LogP contribution >= 0.6 is 0 Å². The Morgan fingerprint density at radius 3 is 2.34 bits per heavy atom. The highest BCUT2D eigenvalue weighted by molar-refractivity contribution is 6.06. The quantitative estimate of drug-likeness (QED) is 0.486. The van der Waals surface area contributed by atoms with Gasteiger partial charge in [-0.1, -0.05) is 24.3 Å². The van der Waals surface area contributed by atoms with Gasteiger partial charge in [-0.15, -0.1) is 13.2 Å². The molecule has 1 aromatic heterocycles. The van der Waals surface area contributed by atoms with Gasteiger partial charge >= 0.3 is 6.36 Å².